The van der Waals surface area contributed by atoms with Gasteiger partial charge in [-0.1, -0.05) is 20.8 Å². The molecule has 0 aromatic carbocycles. The molecule has 118 valence electrons. The van der Waals surface area contributed by atoms with E-state index in [9.17, 15) is 4.79 Å². The molecule has 1 aromatic rings. The number of aliphatic hydroxyl groups is 1. The molecule has 5 heteroatoms. The molecule has 5 nitrogen and oxygen atoms in total. The second-order valence-corrected chi connectivity index (χ2v) is 6.36. The van der Waals surface area contributed by atoms with Gasteiger partial charge in [0.1, 0.15) is 0 Å². The minimum Gasteiger partial charge on any atom is -0.396 e. The molecule has 0 radical (unpaired) electrons. The average molecular weight is 293 g/mol. The van der Waals surface area contributed by atoms with Gasteiger partial charge in [0.05, 0.1) is 17.5 Å². The van der Waals surface area contributed by atoms with Crippen molar-refractivity contribution < 1.29 is 9.90 Å². The zero-order chi connectivity index (χ0) is 15.4. The van der Waals surface area contributed by atoms with Crippen LogP contribution in [-0.4, -0.2) is 33.4 Å². The van der Waals surface area contributed by atoms with Gasteiger partial charge in [-0.05, 0) is 37.5 Å². The Balaban J connectivity index is 2.09. The fourth-order valence-electron chi connectivity index (χ4n) is 2.79. The van der Waals surface area contributed by atoms with Crippen LogP contribution in [0.1, 0.15) is 56.1 Å². The van der Waals surface area contributed by atoms with E-state index in [1.165, 1.54) is 0 Å². The molecule has 1 amide bonds. The maximum Gasteiger partial charge on any atom is 0.254 e. The summed E-state index contributed by atoms with van der Waals surface area (Å²) in [6.07, 6.45) is 5.41. The van der Waals surface area contributed by atoms with E-state index in [1.54, 1.807) is 6.20 Å². The van der Waals surface area contributed by atoms with Crippen LogP contribution in [0.15, 0.2) is 6.20 Å². The summed E-state index contributed by atoms with van der Waals surface area (Å²) in [5, 5.41) is 16.6. The lowest BCUT2D eigenvalue weighted by molar-refractivity contribution is 0.0923. The highest BCUT2D eigenvalue weighted by atomic mass is 16.3. The van der Waals surface area contributed by atoms with Crippen LogP contribution in [0.5, 0.6) is 0 Å². The number of aliphatic hydroxyl groups excluding tert-OH is 1. The number of hydrogen-bond acceptors (Lipinski definition) is 3. The Morgan fingerprint density at radius 3 is 2.76 bits per heavy atom. The van der Waals surface area contributed by atoms with Crippen molar-refractivity contribution in [2.75, 3.05) is 6.61 Å². The Bertz CT molecular complexity index is 478. The Morgan fingerprint density at radius 2 is 2.24 bits per heavy atom. The van der Waals surface area contributed by atoms with E-state index < -0.39 is 0 Å². The molecule has 1 saturated carbocycles. The summed E-state index contributed by atoms with van der Waals surface area (Å²) in [6, 6.07) is 0.0978. The molecular weight excluding hydrogens is 266 g/mol. The maximum absolute atomic E-state index is 12.5. The van der Waals surface area contributed by atoms with Gasteiger partial charge in [0.15, 0.2) is 0 Å². The quantitative estimate of drug-likeness (QED) is 0.770. The van der Waals surface area contributed by atoms with Crippen molar-refractivity contribution in [3.8, 4) is 0 Å². The summed E-state index contributed by atoms with van der Waals surface area (Å²) in [5.74, 6) is 0.990. The van der Waals surface area contributed by atoms with Crippen LogP contribution in [0, 0.1) is 11.8 Å². The summed E-state index contributed by atoms with van der Waals surface area (Å²) in [6.45, 7) is 7.29. The van der Waals surface area contributed by atoms with Gasteiger partial charge in [-0.3, -0.25) is 9.48 Å². The molecular formula is C16H27N3O2. The first-order valence-corrected chi connectivity index (χ1v) is 8.03. The van der Waals surface area contributed by atoms with Crippen LogP contribution in [-0.2, 0) is 13.0 Å². The predicted octanol–water partition coefficient (Wildman–Crippen LogP) is 1.99. The first-order chi connectivity index (χ1) is 10.1. The van der Waals surface area contributed by atoms with E-state index in [0.29, 0.717) is 23.8 Å². The first-order valence-electron chi connectivity index (χ1n) is 8.03. The van der Waals surface area contributed by atoms with Crippen molar-refractivity contribution in [2.45, 2.75) is 59.0 Å². The molecule has 1 aliphatic carbocycles. The number of aromatic nitrogens is 2. The highest BCUT2D eigenvalue weighted by molar-refractivity contribution is 5.95. The zero-order valence-electron chi connectivity index (χ0n) is 13.3. The SMILES string of the molecule is CCc1c(C(=O)NC(CCO)C2CC2)cnn1CC(C)C. The van der Waals surface area contributed by atoms with Crippen LogP contribution >= 0.6 is 0 Å². The number of hydrogen-bond donors (Lipinski definition) is 2. The largest absolute Gasteiger partial charge is 0.396 e. The minimum atomic E-state index is -0.0489. The highest BCUT2D eigenvalue weighted by Gasteiger charge is 2.32. The molecule has 1 fully saturated rings. The lowest BCUT2D eigenvalue weighted by atomic mass is 10.1. The first kappa shape index (κ1) is 16.0. The summed E-state index contributed by atoms with van der Waals surface area (Å²) in [7, 11) is 0. The summed E-state index contributed by atoms with van der Waals surface area (Å²) >= 11 is 0. The van der Waals surface area contributed by atoms with Crippen molar-refractivity contribution in [1.29, 1.82) is 0 Å². The Labute approximate surface area is 126 Å². The maximum atomic E-state index is 12.5. The minimum absolute atomic E-state index is 0.0489. The van der Waals surface area contributed by atoms with Gasteiger partial charge in [-0.25, -0.2) is 0 Å². The van der Waals surface area contributed by atoms with Crippen molar-refractivity contribution in [3.05, 3.63) is 17.5 Å². The molecule has 2 rings (SSSR count). The standard InChI is InChI=1S/C16H27N3O2/c1-4-15-13(9-17-19(15)10-11(2)3)16(21)18-14(7-8-20)12-5-6-12/h9,11-12,14,20H,4-8,10H2,1-3H3,(H,18,21). The number of amides is 1. The fourth-order valence-corrected chi connectivity index (χ4v) is 2.79. The van der Waals surface area contributed by atoms with Crippen LogP contribution in [0.2, 0.25) is 0 Å². The van der Waals surface area contributed by atoms with Crippen LogP contribution in [0.4, 0.5) is 0 Å². The predicted molar refractivity (Wildman–Crippen MR) is 82.1 cm³/mol. The molecule has 1 heterocycles. The Kier molecular flexibility index (Phi) is 5.39. The zero-order valence-corrected chi connectivity index (χ0v) is 13.3. The van der Waals surface area contributed by atoms with Crippen LogP contribution in [0.3, 0.4) is 0 Å². The molecule has 0 spiro atoms. The summed E-state index contributed by atoms with van der Waals surface area (Å²) in [5.41, 5.74) is 1.68. The van der Waals surface area contributed by atoms with E-state index in [2.05, 4.69) is 31.2 Å². The third-order valence-electron chi connectivity index (χ3n) is 4.01. The number of nitrogens with one attached hydrogen (secondary N) is 1. The smallest absolute Gasteiger partial charge is 0.254 e. The topological polar surface area (TPSA) is 67.2 Å². The lowest BCUT2D eigenvalue weighted by Crippen LogP contribution is -2.37. The van der Waals surface area contributed by atoms with Gasteiger partial charge in [0, 0.05) is 19.2 Å². The van der Waals surface area contributed by atoms with Crippen LogP contribution < -0.4 is 5.32 Å². The third-order valence-corrected chi connectivity index (χ3v) is 4.01. The molecule has 1 unspecified atom stereocenters. The monoisotopic (exact) mass is 293 g/mol. The molecule has 0 aliphatic heterocycles. The van der Waals surface area contributed by atoms with Gasteiger partial charge in [0.25, 0.3) is 5.91 Å². The number of carbonyl (C=O) groups excluding carboxylic acids is 1. The number of rotatable bonds is 8. The average Bonchev–Trinajstić information content (AvgIpc) is 3.19. The molecule has 2 N–H and O–H groups in total. The number of nitrogens with zero attached hydrogens (tertiary/aromatic N) is 2. The molecule has 1 aromatic heterocycles. The van der Waals surface area contributed by atoms with E-state index in [0.717, 1.165) is 31.5 Å². The molecule has 21 heavy (non-hydrogen) atoms. The highest BCUT2D eigenvalue weighted by Crippen LogP contribution is 2.34. The van der Waals surface area contributed by atoms with Gasteiger partial charge < -0.3 is 10.4 Å². The van der Waals surface area contributed by atoms with Gasteiger partial charge >= 0.3 is 0 Å². The third kappa shape index (κ3) is 4.06. The Hall–Kier alpha value is -1.36. The van der Waals surface area contributed by atoms with E-state index in [1.807, 2.05) is 4.68 Å². The molecule has 0 saturated heterocycles. The van der Waals surface area contributed by atoms with E-state index in [4.69, 9.17) is 5.11 Å². The lowest BCUT2D eigenvalue weighted by Gasteiger charge is -2.17. The van der Waals surface area contributed by atoms with Crippen molar-refractivity contribution >= 4 is 5.91 Å². The molecule has 1 atom stereocenters. The van der Waals surface area contributed by atoms with Crippen molar-refractivity contribution in [3.63, 3.8) is 0 Å². The summed E-state index contributed by atoms with van der Waals surface area (Å²) in [4.78, 5) is 12.5. The Morgan fingerprint density at radius 1 is 1.52 bits per heavy atom. The second-order valence-electron chi connectivity index (χ2n) is 6.36. The van der Waals surface area contributed by atoms with Gasteiger partial charge in [0.2, 0.25) is 0 Å². The second kappa shape index (κ2) is 7.07. The van der Waals surface area contributed by atoms with Gasteiger partial charge in [-0.2, -0.15) is 5.10 Å². The molecule has 1 aliphatic rings. The van der Waals surface area contributed by atoms with Crippen molar-refractivity contribution in [1.82, 2.24) is 15.1 Å². The van der Waals surface area contributed by atoms with E-state index in [-0.39, 0.29) is 18.6 Å². The fraction of sp³-hybridized carbons (Fsp3) is 0.750. The number of carbonyl (C=O) groups is 1. The van der Waals surface area contributed by atoms with Gasteiger partial charge in [-0.15, -0.1) is 0 Å². The normalized spacial score (nSPS) is 16.2. The van der Waals surface area contributed by atoms with Crippen LogP contribution in [0.25, 0.3) is 0 Å². The van der Waals surface area contributed by atoms with E-state index >= 15 is 0 Å². The van der Waals surface area contributed by atoms with Crippen molar-refractivity contribution in [2.24, 2.45) is 11.8 Å². The summed E-state index contributed by atoms with van der Waals surface area (Å²) < 4.78 is 1.94. The molecule has 0 bridgehead atoms.